The molecule has 0 fully saturated rings. The minimum atomic E-state index is -4.05. The number of aromatic nitrogens is 2. The highest BCUT2D eigenvalue weighted by atomic mass is 35.5. The average molecular weight is 522 g/mol. The van der Waals surface area contributed by atoms with Crippen LogP contribution < -0.4 is 9.46 Å². The standard InChI is InChI=1S/C27H24ClN3O4S/c1-3-20-9-13-24(14-10-20)36(33,34)30-27(32)26-17-31(19(2)29-26)16-22-11-12-23(15-25(22)28)35-18-21-7-5-4-6-8-21/h3-15,17H,1,16,18H2,2H3,(H,30,32). The van der Waals surface area contributed by atoms with Gasteiger partial charge < -0.3 is 9.30 Å². The van der Waals surface area contributed by atoms with Crippen LogP contribution in [0.3, 0.4) is 0 Å². The Morgan fingerprint density at radius 3 is 2.50 bits per heavy atom. The molecule has 36 heavy (non-hydrogen) atoms. The number of rotatable bonds is 9. The van der Waals surface area contributed by atoms with Crippen LogP contribution in [0.25, 0.3) is 6.08 Å². The van der Waals surface area contributed by atoms with Crippen LogP contribution in [0, 0.1) is 6.92 Å². The van der Waals surface area contributed by atoms with Crippen molar-refractivity contribution in [2.75, 3.05) is 0 Å². The highest BCUT2D eigenvalue weighted by Crippen LogP contribution is 2.25. The number of imidazole rings is 1. The van der Waals surface area contributed by atoms with Crippen LogP contribution in [0.4, 0.5) is 0 Å². The minimum Gasteiger partial charge on any atom is -0.489 e. The van der Waals surface area contributed by atoms with Crippen LogP contribution in [0.1, 0.15) is 33.0 Å². The van der Waals surface area contributed by atoms with Crippen LogP contribution in [-0.2, 0) is 23.2 Å². The maximum absolute atomic E-state index is 12.7. The number of benzene rings is 3. The lowest BCUT2D eigenvalue weighted by molar-refractivity contribution is 0.0977. The summed E-state index contributed by atoms with van der Waals surface area (Å²) in [5.74, 6) is 0.357. The van der Waals surface area contributed by atoms with Gasteiger partial charge in [-0.1, -0.05) is 72.8 Å². The first-order chi connectivity index (χ1) is 17.2. The first-order valence-electron chi connectivity index (χ1n) is 11.0. The zero-order valence-electron chi connectivity index (χ0n) is 19.5. The van der Waals surface area contributed by atoms with Crippen LogP contribution >= 0.6 is 11.6 Å². The van der Waals surface area contributed by atoms with Crippen molar-refractivity contribution in [3.05, 3.63) is 119 Å². The third-order valence-corrected chi connectivity index (χ3v) is 7.17. The lowest BCUT2D eigenvalue weighted by atomic mass is 10.2. The number of ether oxygens (including phenoxy) is 1. The number of sulfonamides is 1. The summed E-state index contributed by atoms with van der Waals surface area (Å²) in [5.41, 5.74) is 2.60. The van der Waals surface area contributed by atoms with E-state index in [0.717, 1.165) is 16.7 Å². The number of aryl methyl sites for hydroxylation is 1. The third kappa shape index (κ3) is 6.02. The van der Waals surface area contributed by atoms with E-state index in [9.17, 15) is 13.2 Å². The molecule has 0 unspecified atom stereocenters. The van der Waals surface area contributed by atoms with Crippen molar-refractivity contribution in [2.45, 2.75) is 25.0 Å². The van der Waals surface area contributed by atoms with Gasteiger partial charge in [0.25, 0.3) is 15.9 Å². The van der Waals surface area contributed by atoms with Gasteiger partial charge in [0.05, 0.1) is 11.4 Å². The summed E-state index contributed by atoms with van der Waals surface area (Å²) in [6.45, 7) is 6.14. The Morgan fingerprint density at radius 1 is 1.11 bits per heavy atom. The number of nitrogens with one attached hydrogen (secondary N) is 1. The first kappa shape index (κ1) is 25.2. The number of carbonyl (C=O) groups is 1. The first-order valence-corrected chi connectivity index (χ1v) is 12.9. The molecule has 1 amide bonds. The lowest BCUT2D eigenvalue weighted by Gasteiger charge is -2.11. The topological polar surface area (TPSA) is 90.3 Å². The molecule has 3 aromatic carbocycles. The smallest absolute Gasteiger partial charge is 0.285 e. The van der Waals surface area contributed by atoms with Crippen molar-refractivity contribution >= 4 is 33.6 Å². The van der Waals surface area contributed by atoms with E-state index in [1.807, 2.05) is 42.5 Å². The molecule has 1 heterocycles. The molecule has 0 aliphatic rings. The van der Waals surface area contributed by atoms with Gasteiger partial charge >= 0.3 is 0 Å². The van der Waals surface area contributed by atoms with Crippen molar-refractivity contribution in [1.29, 1.82) is 0 Å². The molecule has 0 radical (unpaired) electrons. The van der Waals surface area contributed by atoms with E-state index in [2.05, 4.69) is 16.3 Å². The van der Waals surface area contributed by atoms with E-state index in [1.54, 1.807) is 35.8 Å². The summed E-state index contributed by atoms with van der Waals surface area (Å²) in [6.07, 6.45) is 3.10. The molecular formula is C27H24ClN3O4S. The summed E-state index contributed by atoms with van der Waals surface area (Å²) in [6, 6.07) is 21.3. The zero-order chi connectivity index (χ0) is 25.7. The van der Waals surface area contributed by atoms with E-state index in [-0.39, 0.29) is 10.6 Å². The molecule has 7 nitrogen and oxygen atoms in total. The molecule has 4 aromatic rings. The highest BCUT2D eigenvalue weighted by Gasteiger charge is 2.21. The summed E-state index contributed by atoms with van der Waals surface area (Å²) in [4.78, 5) is 16.8. The van der Waals surface area contributed by atoms with Gasteiger partial charge in [0.1, 0.15) is 23.9 Å². The zero-order valence-corrected chi connectivity index (χ0v) is 21.1. The molecule has 0 spiro atoms. The third-order valence-electron chi connectivity index (χ3n) is 5.48. The van der Waals surface area contributed by atoms with E-state index in [4.69, 9.17) is 16.3 Å². The van der Waals surface area contributed by atoms with E-state index in [0.29, 0.717) is 29.7 Å². The Morgan fingerprint density at radius 2 is 1.83 bits per heavy atom. The molecule has 0 aliphatic carbocycles. The van der Waals surface area contributed by atoms with Crippen molar-refractivity contribution in [3.8, 4) is 5.75 Å². The van der Waals surface area contributed by atoms with Crippen LogP contribution in [0.15, 0.2) is 90.5 Å². The molecule has 184 valence electrons. The van der Waals surface area contributed by atoms with E-state index in [1.165, 1.54) is 18.3 Å². The predicted octanol–water partition coefficient (Wildman–Crippen LogP) is 5.23. The van der Waals surface area contributed by atoms with Gasteiger partial charge in [-0.05, 0) is 47.9 Å². The number of hydrogen-bond acceptors (Lipinski definition) is 5. The van der Waals surface area contributed by atoms with Crippen molar-refractivity contribution < 1.29 is 17.9 Å². The molecular weight excluding hydrogens is 498 g/mol. The van der Waals surface area contributed by atoms with Gasteiger partial charge in [0.15, 0.2) is 0 Å². The second kappa shape index (κ2) is 10.8. The summed E-state index contributed by atoms with van der Waals surface area (Å²) >= 11 is 6.48. The summed E-state index contributed by atoms with van der Waals surface area (Å²) < 4.78 is 34.8. The maximum atomic E-state index is 12.7. The van der Waals surface area contributed by atoms with Crippen LogP contribution in [0.2, 0.25) is 5.02 Å². The largest absolute Gasteiger partial charge is 0.489 e. The molecule has 9 heteroatoms. The second-order valence-electron chi connectivity index (χ2n) is 8.04. The number of carbonyl (C=O) groups excluding carboxylic acids is 1. The van der Waals surface area contributed by atoms with Gasteiger partial charge in [-0.15, -0.1) is 0 Å². The summed E-state index contributed by atoms with van der Waals surface area (Å²) in [5, 5.41) is 0.505. The Hall–Kier alpha value is -3.88. The van der Waals surface area contributed by atoms with Gasteiger partial charge in [-0.2, -0.15) is 0 Å². The number of halogens is 1. The lowest BCUT2D eigenvalue weighted by Crippen LogP contribution is -2.30. The molecule has 1 N–H and O–H groups in total. The molecule has 0 aliphatic heterocycles. The minimum absolute atomic E-state index is 0.0160. The molecule has 0 bridgehead atoms. The van der Waals surface area contributed by atoms with Gasteiger partial charge in [0.2, 0.25) is 0 Å². The SMILES string of the molecule is C=Cc1ccc(S(=O)(=O)NC(=O)c2cn(Cc3ccc(OCc4ccccc4)cc3Cl)c(C)n2)cc1. The Kier molecular flexibility index (Phi) is 7.57. The van der Waals surface area contributed by atoms with E-state index >= 15 is 0 Å². The Labute approximate surface area is 215 Å². The Balaban J connectivity index is 1.43. The van der Waals surface area contributed by atoms with Crippen LogP contribution in [0.5, 0.6) is 5.75 Å². The van der Waals surface area contributed by atoms with Crippen molar-refractivity contribution in [2.24, 2.45) is 0 Å². The molecule has 1 aromatic heterocycles. The van der Waals surface area contributed by atoms with Crippen molar-refractivity contribution in [3.63, 3.8) is 0 Å². The fraction of sp³-hybridized carbons (Fsp3) is 0.111. The number of amides is 1. The molecule has 0 saturated heterocycles. The number of hydrogen-bond donors (Lipinski definition) is 1. The molecule has 0 atom stereocenters. The van der Waals surface area contributed by atoms with Gasteiger partial charge in [0, 0.05) is 11.2 Å². The van der Waals surface area contributed by atoms with Crippen LogP contribution in [-0.4, -0.2) is 23.9 Å². The average Bonchev–Trinajstić information content (AvgIpc) is 3.25. The quantitative estimate of drug-likeness (QED) is 0.325. The van der Waals surface area contributed by atoms with E-state index < -0.39 is 15.9 Å². The molecule has 4 rings (SSSR count). The number of nitrogens with zero attached hydrogens (tertiary/aromatic N) is 2. The van der Waals surface area contributed by atoms with Crippen molar-refractivity contribution in [1.82, 2.24) is 14.3 Å². The van der Waals surface area contributed by atoms with Gasteiger partial charge in [-0.3, -0.25) is 4.79 Å². The fourth-order valence-electron chi connectivity index (χ4n) is 3.46. The predicted molar refractivity (Wildman–Crippen MR) is 139 cm³/mol. The monoisotopic (exact) mass is 521 g/mol. The van der Waals surface area contributed by atoms with Gasteiger partial charge in [-0.25, -0.2) is 18.1 Å². The molecule has 0 saturated carbocycles. The normalized spacial score (nSPS) is 11.2. The summed E-state index contributed by atoms with van der Waals surface area (Å²) in [7, 11) is -4.05. The maximum Gasteiger partial charge on any atom is 0.285 e. The Bertz CT molecular complexity index is 1500. The second-order valence-corrected chi connectivity index (χ2v) is 10.1. The highest BCUT2D eigenvalue weighted by molar-refractivity contribution is 7.90. The fourth-order valence-corrected chi connectivity index (χ4v) is 4.66.